The van der Waals surface area contributed by atoms with E-state index < -0.39 is 0 Å². The molecule has 1 N–H and O–H groups in total. The van der Waals surface area contributed by atoms with Crippen molar-refractivity contribution in [3.8, 4) is 0 Å². The van der Waals surface area contributed by atoms with Crippen molar-refractivity contribution in [3.63, 3.8) is 0 Å². The number of hydrogen-bond acceptors (Lipinski definition) is 2. The lowest BCUT2D eigenvalue weighted by Crippen LogP contribution is -2.23. The molecular weight excluding hydrogens is 322 g/mol. The van der Waals surface area contributed by atoms with E-state index in [1.807, 2.05) is 54.8 Å². The second kappa shape index (κ2) is 6.78. The lowest BCUT2D eigenvalue weighted by atomic mass is 10.2. The van der Waals surface area contributed by atoms with Crippen LogP contribution in [0.3, 0.4) is 0 Å². The van der Waals surface area contributed by atoms with Gasteiger partial charge in [0, 0.05) is 15.9 Å². The Kier molecular flexibility index (Phi) is 5.05. The first-order valence-electron chi connectivity index (χ1n) is 5.86. The minimum Gasteiger partial charge on any atom is -0.348 e. The van der Waals surface area contributed by atoms with Crippen molar-refractivity contribution >= 4 is 33.6 Å². The van der Waals surface area contributed by atoms with Crippen LogP contribution in [0.2, 0.25) is 0 Å². The van der Waals surface area contributed by atoms with E-state index in [9.17, 15) is 4.79 Å². The van der Waals surface area contributed by atoms with E-state index in [1.165, 1.54) is 0 Å². The molecule has 0 spiro atoms. The number of halogens is 1. The van der Waals surface area contributed by atoms with Gasteiger partial charge in [0.1, 0.15) is 0 Å². The van der Waals surface area contributed by atoms with Gasteiger partial charge in [-0.15, -0.1) is 11.8 Å². The van der Waals surface area contributed by atoms with Gasteiger partial charge < -0.3 is 5.32 Å². The van der Waals surface area contributed by atoms with Gasteiger partial charge in [-0.1, -0.05) is 40.2 Å². The summed E-state index contributed by atoms with van der Waals surface area (Å²) in [5.74, 6) is -0.0371. The molecule has 4 heteroatoms. The maximum atomic E-state index is 12.1. The summed E-state index contributed by atoms with van der Waals surface area (Å²) in [5.41, 5.74) is 1.80. The number of thioether (sulfide) groups is 1. The summed E-state index contributed by atoms with van der Waals surface area (Å²) in [6.45, 7) is 0.529. The van der Waals surface area contributed by atoms with E-state index in [0.29, 0.717) is 6.54 Å². The summed E-state index contributed by atoms with van der Waals surface area (Å²) in [4.78, 5) is 13.1. The summed E-state index contributed by atoms with van der Waals surface area (Å²) in [7, 11) is 0. The first kappa shape index (κ1) is 14.2. The van der Waals surface area contributed by atoms with Crippen LogP contribution in [0.25, 0.3) is 0 Å². The lowest BCUT2D eigenvalue weighted by molar-refractivity contribution is 0.0948. The highest BCUT2D eigenvalue weighted by Crippen LogP contribution is 2.19. The molecule has 0 aliphatic heterocycles. The van der Waals surface area contributed by atoms with Gasteiger partial charge in [-0.2, -0.15) is 0 Å². The molecule has 0 fully saturated rings. The van der Waals surface area contributed by atoms with Gasteiger partial charge in [0.05, 0.1) is 5.56 Å². The highest BCUT2D eigenvalue weighted by Gasteiger charge is 2.09. The Morgan fingerprint density at radius 3 is 2.74 bits per heavy atom. The normalized spacial score (nSPS) is 10.2. The van der Waals surface area contributed by atoms with E-state index in [4.69, 9.17) is 0 Å². The van der Waals surface area contributed by atoms with Crippen LogP contribution in [-0.4, -0.2) is 12.2 Å². The SMILES string of the molecule is CSc1ccccc1C(=O)NCc1cccc(Br)c1. The zero-order chi connectivity index (χ0) is 13.7. The highest BCUT2D eigenvalue weighted by atomic mass is 79.9. The van der Waals surface area contributed by atoms with Gasteiger partial charge in [-0.25, -0.2) is 0 Å². The number of carbonyl (C=O) groups excluding carboxylic acids is 1. The first-order valence-corrected chi connectivity index (χ1v) is 7.88. The van der Waals surface area contributed by atoms with Crippen LogP contribution in [0.1, 0.15) is 15.9 Å². The third-order valence-corrected chi connectivity index (χ3v) is 3.98. The Bertz CT molecular complexity index is 586. The molecule has 0 saturated heterocycles. The maximum absolute atomic E-state index is 12.1. The van der Waals surface area contributed by atoms with Gasteiger partial charge in [-0.3, -0.25) is 4.79 Å². The van der Waals surface area contributed by atoms with Crippen LogP contribution in [0.4, 0.5) is 0 Å². The van der Waals surface area contributed by atoms with Crippen molar-refractivity contribution in [2.24, 2.45) is 0 Å². The van der Waals surface area contributed by atoms with Crippen molar-refractivity contribution in [1.29, 1.82) is 0 Å². The Hall–Kier alpha value is -1.26. The van der Waals surface area contributed by atoms with Crippen molar-refractivity contribution in [1.82, 2.24) is 5.32 Å². The maximum Gasteiger partial charge on any atom is 0.252 e. The second-order valence-electron chi connectivity index (χ2n) is 4.01. The van der Waals surface area contributed by atoms with Crippen LogP contribution in [-0.2, 0) is 6.54 Å². The number of nitrogens with one attached hydrogen (secondary N) is 1. The Balaban J connectivity index is 2.05. The number of benzene rings is 2. The fraction of sp³-hybridized carbons (Fsp3) is 0.133. The standard InChI is InChI=1S/C15H14BrNOS/c1-19-14-8-3-2-7-13(14)15(18)17-10-11-5-4-6-12(16)9-11/h2-9H,10H2,1H3,(H,17,18). The Morgan fingerprint density at radius 1 is 1.21 bits per heavy atom. The predicted molar refractivity (Wildman–Crippen MR) is 83.5 cm³/mol. The summed E-state index contributed by atoms with van der Waals surface area (Å²) in [6.07, 6.45) is 1.97. The summed E-state index contributed by atoms with van der Waals surface area (Å²) in [6, 6.07) is 15.5. The topological polar surface area (TPSA) is 29.1 Å². The molecule has 0 bridgehead atoms. The molecular formula is C15H14BrNOS. The molecule has 2 nitrogen and oxygen atoms in total. The zero-order valence-electron chi connectivity index (χ0n) is 10.5. The minimum absolute atomic E-state index is 0.0371. The molecule has 2 rings (SSSR count). The fourth-order valence-electron chi connectivity index (χ4n) is 1.76. The number of hydrogen-bond donors (Lipinski definition) is 1. The second-order valence-corrected chi connectivity index (χ2v) is 5.78. The van der Waals surface area contributed by atoms with Gasteiger partial charge in [0.15, 0.2) is 0 Å². The Morgan fingerprint density at radius 2 is 2.00 bits per heavy atom. The molecule has 0 aliphatic rings. The largest absolute Gasteiger partial charge is 0.348 e. The van der Waals surface area contributed by atoms with E-state index >= 15 is 0 Å². The molecule has 2 aromatic carbocycles. The predicted octanol–water partition coefficient (Wildman–Crippen LogP) is 4.10. The van der Waals surface area contributed by atoms with Gasteiger partial charge >= 0.3 is 0 Å². The van der Waals surface area contributed by atoms with Gasteiger partial charge in [0.25, 0.3) is 5.91 Å². The summed E-state index contributed by atoms with van der Waals surface area (Å²) >= 11 is 5.00. The van der Waals surface area contributed by atoms with Crippen molar-refractivity contribution in [3.05, 3.63) is 64.1 Å². The van der Waals surface area contributed by atoms with Crippen LogP contribution in [0.5, 0.6) is 0 Å². The molecule has 2 aromatic rings. The number of carbonyl (C=O) groups is 1. The van der Waals surface area contributed by atoms with Crippen LogP contribution in [0.15, 0.2) is 57.9 Å². The smallest absolute Gasteiger partial charge is 0.252 e. The number of amides is 1. The summed E-state index contributed by atoms with van der Waals surface area (Å²) in [5, 5.41) is 2.94. The van der Waals surface area contributed by atoms with E-state index in [0.717, 1.165) is 20.5 Å². The molecule has 1 amide bonds. The molecule has 0 unspecified atom stereocenters. The highest BCUT2D eigenvalue weighted by molar-refractivity contribution is 9.10. The lowest BCUT2D eigenvalue weighted by Gasteiger charge is -2.08. The average molecular weight is 336 g/mol. The molecule has 0 aromatic heterocycles. The third-order valence-electron chi connectivity index (χ3n) is 2.69. The van der Waals surface area contributed by atoms with Crippen LogP contribution < -0.4 is 5.32 Å². The van der Waals surface area contributed by atoms with E-state index in [-0.39, 0.29) is 5.91 Å². The van der Waals surface area contributed by atoms with E-state index in [2.05, 4.69) is 21.2 Å². The van der Waals surface area contributed by atoms with Gasteiger partial charge in [0.2, 0.25) is 0 Å². The van der Waals surface area contributed by atoms with Crippen LogP contribution in [0, 0.1) is 0 Å². The van der Waals surface area contributed by atoms with Crippen molar-refractivity contribution in [2.75, 3.05) is 6.26 Å². The zero-order valence-corrected chi connectivity index (χ0v) is 12.9. The molecule has 0 atom stereocenters. The average Bonchev–Trinajstić information content (AvgIpc) is 2.45. The quantitative estimate of drug-likeness (QED) is 0.852. The first-order chi connectivity index (χ1) is 9.20. The Labute approximate surface area is 125 Å². The molecule has 98 valence electrons. The molecule has 19 heavy (non-hydrogen) atoms. The van der Waals surface area contributed by atoms with Crippen LogP contribution >= 0.6 is 27.7 Å². The molecule has 0 saturated carbocycles. The third kappa shape index (κ3) is 3.85. The van der Waals surface area contributed by atoms with Crippen molar-refractivity contribution in [2.45, 2.75) is 11.4 Å². The molecule has 0 aliphatic carbocycles. The minimum atomic E-state index is -0.0371. The molecule has 0 heterocycles. The number of rotatable bonds is 4. The molecule has 0 radical (unpaired) electrons. The monoisotopic (exact) mass is 335 g/mol. The van der Waals surface area contributed by atoms with E-state index in [1.54, 1.807) is 11.8 Å². The van der Waals surface area contributed by atoms with Gasteiger partial charge in [-0.05, 0) is 36.1 Å². The van der Waals surface area contributed by atoms with Crippen molar-refractivity contribution < 1.29 is 4.79 Å². The summed E-state index contributed by atoms with van der Waals surface area (Å²) < 4.78 is 1.02. The fourth-order valence-corrected chi connectivity index (χ4v) is 2.80.